The molecule has 1 aromatic rings. The first-order valence-electron chi connectivity index (χ1n) is 11.3. The summed E-state index contributed by atoms with van der Waals surface area (Å²) in [7, 11) is 0. The van der Waals surface area contributed by atoms with E-state index in [4.69, 9.17) is 4.74 Å². The number of halogens is 3. The monoisotopic (exact) mass is 453 g/mol. The number of rotatable bonds is 4. The van der Waals surface area contributed by atoms with Crippen LogP contribution in [0.25, 0.3) is 0 Å². The van der Waals surface area contributed by atoms with Crippen LogP contribution in [-0.4, -0.2) is 66.2 Å². The van der Waals surface area contributed by atoms with Crippen LogP contribution in [0.5, 0.6) is 0 Å². The van der Waals surface area contributed by atoms with Gasteiger partial charge in [-0.25, -0.2) is 9.69 Å². The standard InChI is InChI=1S/C23H30F3N3O3/c1-3-28-21(31)29(19-6-4-18(5-7-19)23(24,25)26)20(30)22(28)10-12-27(13-11-22)16(2)17-8-14-32-15-9-17/h4-7,16-17H,3,8-15H2,1-2H3. The summed E-state index contributed by atoms with van der Waals surface area (Å²) in [5.41, 5.74) is -1.56. The first-order chi connectivity index (χ1) is 15.2. The van der Waals surface area contributed by atoms with Crippen LogP contribution >= 0.6 is 0 Å². The molecule has 1 unspecified atom stereocenters. The van der Waals surface area contributed by atoms with E-state index < -0.39 is 23.3 Å². The average molecular weight is 454 g/mol. The Hall–Kier alpha value is -2.13. The summed E-state index contributed by atoms with van der Waals surface area (Å²) in [5.74, 6) is 0.229. The molecule has 1 spiro atoms. The Morgan fingerprint density at radius 2 is 1.69 bits per heavy atom. The normalized spacial score (nSPS) is 23.9. The largest absolute Gasteiger partial charge is 0.416 e. The molecule has 1 aromatic carbocycles. The van der Waals surface area contributed by atoms with Crippen molar-refractivity contribution < 1.29 is 27.5 Å². The highest BCUT2D eigenvalue weighted by Crippen LogP contribution is 2.41. The van der Waals surface area contributed by atoms with E-state index in [1.807, 2.05) is 6.92 Å². The van der Waals surface area contributed by atoms with Crippen molar-refractivity contribution in [1.82, 2.24) is 9.80 Å². The van der Waals surface area contributed by atoms with Crippen LogP contribution in [-0.2, 0) is 15.7 Å². The number of hydrogen-bond donors (Lipinski definition) is 0. The van der Waals surface area contributed by atoms with Gasteiger partial charge < -0.3 is 14.5 Å². The molecule has 3 fully saturated rings. The lowest BCUT2D eigenvalue weighted by Gasteiger charge is -2.45. The Balaban J connectivity index is 1.52. The lowest BCUT2D eigenvalue weighted by atomic mass is 9.83. The molecule has 32 heavy (non-hydrogen) atoms. The number of ether oxygens (including phenoxy) is 1. The molecule has 3 aliphatic rings. The highest BCUT2D eigenvalue weighted by atomic mass is 19.4. The van der Waals surface area contributed by atoms with Crippen LogP contribution < -0.4 is 4.90 Å². The quantitative estimate of drug-likeness (QED) is 0.643. The van der Waals surface area contributed by atoms with Gasteiger partial charge in [-0.1, -0.05) is 0 Å². The van der Waals surface area contributed by atoms with Crippen molar-refractivity contribution in [1.29, 1.82) is 0 Å². The molecule has 3 amide bonds. The van der Waals surface area contributed by atoms with E-state index in [-0.39, 0.29) is 11.6 Å². The fourth-order valence-electron chi connectivity index (χ4n) is 5.46. The van der Waals surface area contributed by atoms with E-state index in [2.05, 4.69) is 11.8 Å². The predicted octanol–water partition coefficient (Wildman–Crippen LogP) is 4.14. The van der Waals surface area contributed by atoms with Crippen molar-refractivity contribution in [3.8, 4) is 0 Å². The van der Waals surface area contributed by atoms with E-state index in [0.29, 0.717) is 44.4 Å². The Kier molecular flexibility index (Phi) is 6.24. The van der Waals surface area contributed by atoms with E-state index in [0.717, 1.165) is 43.1 Å². The summed E-state index contributed by atoms with van der Waals surface area (Å²) in [5, 5.41) is 0. The van der Waals surface area contributed by atoms with Gasteiger partial charge in [-0.3, -0.25) is 4.79 Å². The molecule has 0 N–H and O–H groups in total. The van der Waals surface area contributed by atoms with Crippen molar-refractivity contribution in [3.05, 3.63) is 29.8 Å². The minimum atomic E-state index is -4.47. The highest BCUT2D eigenvalue weighted by Gasteiger charge is 2.58. The van der Waals surface area contributed by atoms with E-state index >= 15 is 0 Å². The lowest BCUT2D eigenvalue weighted by molar-refractivity contribution is -0.137. The second-order valence-corrected chi connectivity index (χ2v) is 8.97. The van der Waals surface area contributed by atoms with Crippen LogP contribution in [0.2, 0.25) is 0 Å². The number of imide groups is 1. The summed E-state index contributed by atoms with van der Waals surface area (Å²) >= 11 is 0. The molecule has 0 saturated carbocycles. The number of alkyl halides is 3. The second kappa shape index (κ2) is 8.67. The number of anilines is 1. The molecule has 0 aliphatic carbocycles. The third-order valence-corrected chi connectivity index (χ3v) is 7.46. The number of carbonyl (C=O) groups excluding carboxylic acids is 2. The van der Waals surface area contributed by atoms with Crippen molar-refractivity contribution in [3.63, 3.8) is 0 Å². The Labute approximate surface area is 186 Å². The summed E-state index contributed by atoms with van der Waals surface area (Å²) in [6.07, 6.45) is -1.36. The highest BCUT2D eigenvalue weighted by molar-refractivity contribution is 6.23. The first-order valence-corrected chi connectivity index (χ1v) is 11.3. The molecule has 176 valence electrons. The third kappa shape index (κ3) is 3.90. The van der Waals surface area contributed by atoms with Crippen LogP contribution in [0.3, 0.4) is 0 Å². The molecule has 3 saturated heterocycles. The molecule has 9 heteroatoms. The van der Waals surface area contributed by atoms with Gasteiger partial charge in [0, 0.05) is 38.9 Å². The third-order valence-electron chi connectivity index (χ3n) is 7.46. The molecule has 0 radical (unpaired) electrons. The number of likely N-dealkylation sites (tertiary alicyclic amines) is 1. The summed E-state index contributed by atoms with van der Waals surface area (Å²) < 4.78 is 44.2. The summed E-state index contributed by atoms with van der Waals surface area (Å²) in [6, 6.07) is 4.15. The number of likely N-dealkylation sites (N-methyl/N-ethyl adjacent to an activating group) is 1. The van der Waals surface area contributed by atoms with Gasteiger partial charge in [0.25, 0.3) is 5.91 Å². The van der Waals surface area contributed by atoms with Crippen molar-refractivity contribution in [2.24, 2.45) is 5.92 Å². The van der Waals surface area contributed by atoms with Crippen molar-refractivity contribution >= 4 is 17.6 Å². The second-order valence-electron chi connectivity index (χ2n) is 8.97. The predicted molar refractivity (Wildman–Crippen MR) is 113 cm³/mol. The van der Waals surface area contributed by atoms with Crippen LogP contribution in [0.4, 0.5) is 23.7 Å². The number of hydrogen-bond acceptors (Lipinski definition) is 4. The smallest absolute Gasteiger partial charge is 0.381 e. The van der Waals surface area contributed by atoms with Gasteiger partial charge in [-0.15, -0.1) is 0 Å². The lowest BCUT2D eigenvalue weighted by Crippen LogP contribution is -2.58. The van der Waals surface area contributed by atoms with Crippen LogP contribution in [0.1, 0.15) is 45.1 Å². The van der Waals surface area contributed by atoms with E-state index in [9.17, 15) is 22.8 Å². The molecule has 0 aromatic heterocycles. The fourth-order valence-corrected chi connectivity index (χ4v) is 5.46. The summed E-state index contributed by atoms with van der Waals surface area (Å²) in [6.45, 7) is 7.40. The number of nitrogens with zero attached hydrogens (tertiary/aromatic N) is 3. The van der Waals surface area contributed by atoms with Gasteiger partial charge in [0.05, 0.1) is 11.3 Å². The number of urea groups is 1. The maximum atomic E-state index is 13.5. The molecule has 3 aliphatic heterocycles. The van der Waals surface area contributed by atoms with Crippen LogP contribution in [0, 0.1) is 5.92 Å². The average Bonchev–Trinajstić information content (AvgIpc) is 2.99. The molecule has 6 nitrogen and oxygen atoms in total. The zero-order chi connectivity index (χ0) is 23.1. The van der Waals surface area contributed by atoms with Gasteiger partial charge in [-0.2, -0.15) is 13.2 Å². The minimum absolute atomic E-state index is 0.182. The Morgan fingerprint density at radius 1 is 1.09 bits per heavy atom. The SMILES string of the molecule is CCN1C(=O)N(c2ccc(C(F)(F)F)cc2)C(=O)C12CCN(C(C)C1CCOCC1)CC2. The molecule has 4 rings (SSSR count). The summed E-state index contributed by atoms with van der Waals surface area (Å²) in [4.78, 5) is 31.7. The number of benzene rings is 1. The van der Waals surface area contributed by atoms with Crippen LogP contribution in [0.15, 0.2) is 24.3 Å². The molecular formula is C23H30F3N3O3. The molecule has 1 atom stereocenters. The maximum absolute atomic E-state index is 13.5. The fraction of sp³-hybridized carbons (Fsp3) is 0.652. The zero-order valence-electron chi connectivity index (χ0n) is 18.5. The number of carbonyl (C=O) groups is 2. The molecule has 0 bridgehead atoms. The van der Waals surface area contributed by atoms with Crippen molar-refractivity contribution in [2.45, 2.75) is 57.3 Å². The Morgan fingerprint density at radius 3 is 2.22 bits per heavy atom. The topological polar surface area (TPSA) is 53.1 Å². The van der Waals surface area contributed by atoms with Gasteiger partial charge >= 0.3 is 12.2 Å². The van der Waals surface area contributed by atoms with Crippen molar-refractivity contribution in [2.75, 3.05) is 37.7 Å². The van der Waals surface area contributed by atoms with Gasteiger partial charge in [-0.05, 0) is 69.7 Å². The molecular weight excluding hydrogens is 423 g/mol. The molecule has 3 heterocycles. The van der Waals surface area contributed by atoms with Gasteiger partial charge in [0.2, 0.25) is 0 Å². The van der Waals surface area contributed by atoms with Gasteiger partial charge in [0.1, 0.15) is 5.54 Å². The number of piperidine rings is 1. The Bertz CT molecular complexity index is 844. The minimum Gasteiger partial charge on any atom is -0.381 e. The number of amides is 3. The van der Waals surface area contributed by atoms with E-state index in [1.165, 1.54) is 12.1 Å². The van der Waals surface area contributed by atoms with Gasteiger partial charge in [0.15, 0.2) is 0 Å². The van der Waals surface area contributed by atoms with E-state index in [1.54, 1.807) is 4.90 Å². The zero-order valence-corrected chi connectivity index (χ0v) is 18.5. The first kappa shape index (κ1) is 23.0. The maximum Gasteiger partial charge on any atom is 0.416 e.